The van der Waals surface area contributed by atoms with Crippen LogP contribution in [0, 0.1) is 22.7 Å². The molecule has 0 heterocycles. The van der Waals surface area contributed by atoms with E-state index in [1.807, 2.05) is 12.1 Å². The SMILES string of the molecule is N#Cc1ccc(C(O)CNc2ccccc2C#N)cc1. The first-order chi connectivity index (χ1) is 9.74. The standard InChI is InChI=1S/C16H13N3O/c17-9-12-5-7-13(8-6-12)16(20)11-19-15-4-2-1-3-14(15)10-18/h1-8,16,19-20H,11H2. The van der Waals surface area contributed by atoms with E-state index in [4.69, 9.17) is 10.5 Å². The zero-order valence-electron chi connectivity index (χ0n) is 10.7. The van der Waals surface area contributed by atoms with Gasteiger partial charge in [-0.05, 0) is 29.8 Å². The summed E-state index contributed by atoms with van der Waals surface area (Å²) in [7, 11) is 0. The number of hydrogen-bond acceptors (Lipinski definition) is 4. The number of nitrogens with one attached hydrogen (secondary N) is 1. The molecule has 2 N–H and O–H groups in total. The molecule has 0 amide bonds. The highest BCUT2D eigenvalue weighted by Crippen LogP contribution is 2.17. The molecule has 4 heteroatoms. The van der Waals surface area contributed by atoms with E-state index >= 15 is 0 Å². The maximum Gasteiger partial charge on any atom is 0.101 e. The number of aliphatic hydroxyl groups is 1. The maximum absolute atomic E-state index is 10.1. The van der Waals surface area contributed by atoms with Gasteiger partial charge in [0.15, 0.2) is 0 Å². The molecule has 20 heavy (non-hydrogen) atoms. The van der Waals surface area contributed by atoms with Crippen LogP contribution in [-0.2, 0) is 0 Å². The summed E-state index contributed by atoms with van der Waals surface area (Å²) in [6, 6.07) is 18.0. The van der Waals surface area contributed by atoms with Crippen molar-refractivity contribution < 1.29 is 5.11 Å². The predicted octanol–water partition coefficient (Wildman–Crippen LogP) is 2.58. The fourth-order valence-corrected chi connectivity index (χ4v) is 1.84. The molecular weight excluding hydrogens is 250 g/mol. The summed E-state index contributed by atoms with van der Waals surface area (Å²) >= 11 is 0. The molecule has 0 fully saturated rings. The van der Waals surface area contributed by atoms with Gasteiger partial charge in [0.1, 0.15) is 6.07 Å². The van der Waals surface area contributed by atoms with Crippen LogP contribution in [0.4, 0.5) is 5.69 Å². The Hall–Kier alpha value is -2.82. The molecule has 2 aromatic carbocycles. The molecule has 1 atom stereocenters. The Morgan fingerprint density at radius 2 is 1.70 bits per heavy atom. The lowest BCUT2D eigenvalue weighted by molar-refractivity contribution is 0.191. The zero-order valence-corrected chi connectivity index (χ0v) is 10.7. The average molecular weight is 263 g/mol. The third kappa shape index (κ3) is 3.14. The molecule has 0 spiro atoms. The van der Waals surface area contributed by atoms with Gasteiger partial charge in [-0.2, -0.15) is 10.5 Å². The zero-order chi connectivity index (χ0) is 14.4. The predicted molar refractivity (Wildman–Crippen MR) is 75.8 cm³/mol. The van der Waals surface area contributed by atoms with Crippen molar-refractivity contribution in [1.82, 2.24) is 0 Å². The van der Waals surface area contributed by atoms with Crippen molar-refractivity contribution in [3.8, 4) is 12.1 Å². The number of nitriles is 2. The summed E-state index contributed by atoms with van der Waals surface area (Å²) in [6.45, 7) is 0.296. The monoisotopic (exact) mass is 263 g/mol. The molecule has 2 aromatic rings. The van der Waals surface area contributed by atoms with Crippen LogP contribution in [0.2, 0.25) is 0 Å². The Morgan fingerprint density at radius 3 is 2.35 bits per heavy atom. The molecule has 4 nitrogen and oxygen atoms in total. The minimum Gasteiger partial charge on any atom is -0.387 e. The Kier molecular flexibility index (Phi) is 4.34. The topological polar surface area (TPSA) is 79.8 Å². The lowest BCUT2D eigenvalue weighted by Crippen LogP contribution is -2.12. The van der Waals surface area contributed by atoms with Crippen molar-refractivity contribution in [3.63, 3.8) is 0 Å². The lowest BCUT2D eigenvalue weighted by atomic mass is 10.1. The van der Waals surface area contributed by atoms with E-state index in [9.17, 15) is 5.11 Å². The Bertz CT molecular complexity index is 665. The van der Waals surface area contributed by atoms with E-state index in [1.165, 1.54) is 0 Å². The number of rotatable bonds is 4. The van der Waals surface area contributed by atoms with Gasteiger partial charge in [0.05, 0.1) is 29.0 Å². The first kappa shape index (κ1) is 13.6. The first-order valence-electron chi connectivity index (χ1n) is 6.15. The van der Waals surface area contributed by atoms with Gasteiger partial charge in [-0.3, -0.25) is 0 Å². The van der Waals surface area contributed by atoms with E-state index < -0.39 is 6.10 Å². The second-order valence-electron chi connectivity index (χ2n) is 4.29. The van der Waals surface area contributed by atoms with Gasteiger partial charge in [-0.25, -0.2) is 0 Å². The Morgan fingerprint density at radius 1 is 1.00 bits per heavy atom. The molecule has 0 aromatic heterocycles. The van der Waals surface area contributed by atoms with Crippen LogP contribution >= 0.6 is 0 Å². The van der Waals surface area contributed by atoms with Gasteiger partial charge >= 0.3 is 0 Å². The number of aliphatic hydroxyl groups excluding tert-OH is 1. The fraction of sp³-hybridized carbons (Fsp3) is 0.125. The Labute approximate surface area is 117 Å². The van der Waals surface area contributed by atoms with Crippen LogP contribution in [0.15, 0.2) is 48.5 Å². The van der Waals surface area contributed by atoms with Crippen molar-refractivity contribution in [2.75, 3.05) is 11.9 Å². The minimum atomic E-state index is -0.700. The van der Waals surface area contributed by atoms with E-state index in [0.29, 0.717) is 23.4 Å². The average Bonchev–Trinajstić information content (AvgIpc) is 2.53. The molecule has 1 unspecified atom stereocenters. The number of anilines is 1. The van der Waals surface area contributed by atoms with Gasteiger partial charge in [-0.15, -0.1) is 0 Å². The number of hydrogen-bond donors (Lipinski definition) is 2. The fourth-order valence-electron chi connectivity index (χ4n) is 1.84. The molecule has 0 aliphatic heterocycles. The molecular formula is C16H13N3O. The summed E-state index contributed by atoms with van der Waals surface area (Å²) in [5.74, 6) is 0. The number of nitrogens with zero attached hydrogens (tertiary/aromatic N) is 2. The van der Waals surface area contributed by atoms with Crippen LogP contribution in [0.3, 0.4) is 0 Å². The third-order valence-corrected chi connectivity index (χ3v) is 2.96. The number of para-hydroxylation sites is 1. The van der Waals surface area contributed by atoms with E-state index in [1.54, 1.807) is 42.5 Å². The highest BCUT2D eigenvalue weighted by atomic mass is 16.3. The summed E-state index contributed by atoms with van der Waals surface area (Å²) in [5.41, 5.74) is 2.52. The second kappa shape index (κ2) is 6.38. The van der Waals surface area contributed by atoms with E-state index in [2.05, 4.69) is 11.4 Å². The molecule has 0 saturated heterocycles. The van der Waals surface area contributed by atoms with Gasteiger partial charge in [0.25, 0.3) is 0 Å². The smallest absolute Gasteiger partial charge is 0.101 e. The van der Waals surface area contributed by atoms with Crippen molar-refractivity contribution in [2.45, 2.75) is 6.10 Å². The van der Waals surface area contributed by atoms with E-state index in [-0.39, 0.29) is 0 Å². The largest absolute Gasteiger partial charge is 0.387 e. The van der Waals surface area contributed by atoms with Crippen LogP contribution in [0.25, 0.3) is 0 Å². The summed E-state index contributed by atoms with van der Waals surface area (Å²) in [6.07, 6.45) is -0.700. The van der Waals surface area contributed by atoms with Crippen LogP contribution < -0.4 is 5.32 Å². The lowest BCUT2D eigenvalue weighted by Gasteiger charge is -2.14. The molecule has 2 rings (SSSR count). The normalized spacial score (nSPS) is 11.2. The minimum absolute atomic E-state index is 0.296. The highest BCUT2D eigenvalue weighted by molar-refractivity contribution is 5.57. The molecule has 98 valence electrons. The van der Waals surface area contributed by atoms with Crippen molar-refractivity contribution in [3.05, 3.63) is 65.2 Å². The van der Waals surface area contributed by atoms with Gasteiger partial charge in [0.2, 0.25) is 0 Å². The van der Waals surface area contributed by atoms with E-state index in [0.717, 1.165) is 5.56 Å². The molecule has 0 aliphatic carbocycles. The molecule has 0 radical (unpaired) electrons. The number of benzene rings is 2. The van der Waals surface area contributed by atoms with Crippen molar-refractivity contribution in [2.24, 2.45) is 0 Å². The van der Waals surface area contributed by atoms with Gasteiger partial charge < -0.3 is 10.4 Å². The summed E-state index contributed by atoms with van der Waals surface area (Å²) < 4.78 is 0. The van der Waals surface area contributed by atoms with Crippen LogP contribution in [0.5, 0.6) is 0 Å². The summed E-state index contributed by atoms with van der Waals surface area (Å²) in [5, 5.41) is 30.8. The van der Waals surface area contributed by atoms with Crippen molar-refractivity contribution in [1.29, 1.82) is 10.5 Å². The Balaban J connectivity index is 2.03. The molecule has 0 aliphatic rings. The quantitative estimate of drug-likeness (QED) is 0.888. The van der Waals surface area contributed by atoms with Crippen molar-refractivity contribution >= 4 is 5.69 Å². The molecule has 0 bridgehead atoms. The highest BCUT2D eigenvalue weighted by Gasteiger charge is 2.08. The van der Waals surface area contributed by atoms with Gasteiger partial charge in [0, 0.05) is 6.54 Å². The van der Waals surface area contributed by atoms with Gasteiger partial charge in [-0.1, -0.05) is 24.3 Å². The first-order valence-corrected chi connectivity index (χ1v) is 6.15. The van der Waals surface area contributed by atoms with Crippen LogP contribution in [-0.4, -0.2) is 11.7 Å². The van der Waals surface area contributed by atoms with Crippen LogP contribution in [0.1, 0.15) is 22.8 Å². The maximum atomic E-state index is 10.1. The molecule has 0 saturated carbocycles. The third-order valence-electron chi connectivity index (χ3n) is 2.96. The summed E-state index contributed by atoms with van der Waals surface area (Å²) in [4.78, 5) is 0. The second-order valence-corrected chi connectivity index (χ2v) is 4.29.